The number of piperidine rings is 1. The molecule has 0 radical (unpaired) electrons. The number of aliphatic carboxylic acids is 1. The lowest BCUT2D eigenvalue weighted by molar-refractivity contribution is -0.137. The zero-order valence-corrected chi connectivity index (χ0v) is 24.2. The van der Waals surface area contributed by atoms with E-state index in [-0.39, 0.29) is 46.3 Å². The molecule has 0 unspecified atom stereocenters. The highest BCUT2D eigenvalue weighted by Crippen LogP contribution is 2.55. The van der Waals surface area contributed by atoms with Crippen molar-refractivity contribution in [2.24, 2.45) is 5.92 Å². The molecule has 3 aliphatic carbocycles. The molecule has 7 rings (SSSR count). The highest BCUT2D eigenvalue weighted by Gasteiger charge is 2.48. The maximum Gasteiger partial charge on any atom is 0.417 e. The molecule has 0 spiro atoms. The van der Waals surface area contributed by atoms with Gasteiger partial charge in [0.1, 0.15) is 12.4 Å². The lowest BCUT2D eigenvalue weighted by Crippen LogP contribution is -2.39. The number of rotatable bonds is 8. The maximum atomic E-state index is 14.9. The summed E-state index contributed by atoms with van der Waals surface area (Å²) >= 11 is 0. The first-order valence-corrected chi connectivity index (χ1v) is 16.0. The van der Waals surface area contributed by atoms with E-state index in [1.54, 1.807) is 34.6 Å². The Morgan fingerprint density at radius 2 is 1.73 bits per heavy atom. The van der Waals surface area contributed by atoms with Crippen LogP contribution in [0.25, 0.3) is 16.7 Å². The number of ether oxygens (including phenoxy) is 1. The minimum Gasteiger partial charge on any atom is -0.478 e. The predicted molar refractivity (Wildman–Crippen MR) is 153 cm³/mol. The van der Waals surface area contributed by atoms with Gasteiger partial charge in [0, 0.05) is 48.0 Å². The SMILES string of the molecule is O=C(O)C1=C2c3cnc(OCc4cc(-c5ccc(C6CCN(S(=O)(=O)C7CC7)CC6)cc5)c(C(F)(F)F)cc4F)cc3C[C@@H]12. The number of carbonyl (C=O) groups is 1. The summed E-state index contributed by atoms with van der Waals surface area (Å²) in [6.45, 7) is 0.493. The number of carboxylic acids is 1. The van der Waals surface area contributed by atoms with Crippen molar-refractivity contribution in [1.82, 2.24) is 9.29 Å². The number of pyridine rings is 1. The molecular weight excluding hydrogens is 600 g/mol. The molecule has 3 aromatic rings. The molecule has 12 heteroatoms. The lowest BCUT2D eigenvalue weighted by Gasteiger charge is -2.31. The quantitative estimate of drug-likeness (QED) is 0.300. The molecule has 2 heterocycles. The van der Waals surface area contributed by atoms with Crippen molar-refractivity contribution >= 4 is 21.6 Å². The van der Waals surface area contributed by atoms with Crippen molar-refractivity contribution in [3.63, 3.8) is 0 Å². The van der Waals surface area contributed by atoms with Crippen LogP contribution in [0.5, 0.6) is 5.88 Å². The fourth-order valence-electron chi connectivity index (χ4n) is 6.56. The first kappa shape index (κ1) is 29.0. The molecule has 1 saturated carbocycles. The summed E-state index contributed by atoms with van der Waals surface area (Å²) in [5.74, 6) is -1.86. The summed E-state index contributed by atoms with van der Waals surface area (Å²) in [7, 11) is -3.23. The number of carboxylic acid groups (broad SMARTS) is 1. The Kier molecular flexibility index (Phi) is 6.85. The van der Waals surface area contributed by atoms with Crippen molar-refractivity contribution in [3.05, 3.63) is 87.9 Å². The van der Waals surface area contributed by atoms with Crippen LogP contribution in [0, 0.1) is 11.7 Å². The van der Waals surface area contributed by atoms with E-state index in [4.69, 9.17) is 4.74 Å². The number of hydrogen-bond acceptors (Lipinski definition) is 5. The van der Waals surface area contributed by atoms with Crippen molar-refractivity contribution in [2.45, 2.75) is 56.1 Å². The molecule has 44 heavy (non-hydrogen) atoms. The maximum absolute atomic E-state index is 14.9. The van der Waals surface area contributed by atoms with E-state index in [2.05, 4.69) is 4.98 Å². The molecule has 230 valence electrons. The van der Waals surface area contributed by atoms with Gasteiger partial charge in [-0.2, -0.15) is 13.2 Å². The molecule has 0 amide bonds. The number of fused-ring (bicyclic) bond motifs is 3. The van der Waals surface area contributed by atoms with E-state index in [0.29, 0.717) is 56.8 Å². The Labute approximate surface area is 251 Å². The number of halogens is 4. The van der Waals surface area contributed by atoms with Crippen LogP contribution in [0.2, 0.25) is 0 Å². The molecule has 1 N–H and O–H groups in total. The number of hydrogen-bond donors (Lipinski definition) is 1. The van der Waals surface area contributed by atoms with Gasteiger partial charge in [-0.3, -0.25) is 0 Å². The second kappa shape index (κ2) is 10.4. The van der Waals surface area contributed by atoms with E-state index in [1.165, 1.54) is 6.20 Å². The zero-order valence-electron chi connectivity index (χ0n) is 23.4. The summed E-state index contributed by atoms with van der Waals surface area (Å²) in [6.07, 6.45) is -0.0799. The monoisotopic (exact) mass is 628 g/mol. The molecule has 1 saturated heterocycles. The average Bonchev–Trinajstić information content (AvgIpc) is 3.92. The number of allylic oxidation sites excluding steroid dienone is 1. The topological polar surface area (TPSA) is 96.8 Å². The predicted octanol–water partition coefficient (Wildman–Crippen LogP) is 6.18. The van der Waals surface area contributed by atoms with Gasteiger partial charge < -0.3 is 9.84 Å². The third kappa shape index (κ3) is 5.17. The highest BCUT2D eigenvalue weighted by atomic mass is 32.2. The molecule has 7 nitrogen and oxygen atoms in total. The molecule has 1 aromatic heterocycles. The van der Waals surface area contributed by atoms with Gasteiger partial charge in [0.15, 0.2) is 0 Å². The van der Waals surface area contributed by atoms with Crippen LogP contribution < -0.4 is 4.74 Å². The van der Waals surface area contributed by atoms with Crippen molar-refractivity contribution in [3.8, 4) is 17.0 Å². The standard InChI is InChI=1S/C32H28F4N2O5S/c33-27-14-26(32(34,35)36)23(12-21(27)16-43-28-13-20-11-24-29(25(20)15-37-28)30(24)31(39)40)19-3-1-17(2-4-19)18-7-9-38(10-8-18)44(41,42)22-5-6-22/h1-4,12-15,18,22,24H,5-11,16H2,(H,39,40)/t24-/m1/s1. The van der Waals surface area contributed by atoms with Gasteiger partial charge in [-0.25, -0.2) is 26.9 Å². The summed E-state index contributed by atoms with van der Waals surface area (Å²) in [5.41, 5.74) is 2.63. The number of sulfonamides is 1. The van der Waals surface area contributed by atoms with E-state index in [9.17, 15) is 35.9 Å². The van der Waals surface area contributed by atoms with Crippen LogP contribution in [0.1, 0.15) is 59.4 Å². The van der Waals surface area contributed by atoms with Crippen LogP contribution in [-0.4, -0.2) is 47.1 Å². The van der Waals surface area contributed by atoms with Gasteiger partial charge >= 0.3 is 12.1 Å². The van der Waals surface area contributed by atoms with Crippen molar-refractivity contribution in [1.29, 1.82) is 0 Å². The van der Waals surface area contributed by atoms with Gasteiger partial charge in [0.25, 0.3) is 0 Å². The fourth-order valence-corrected chi connectivity index (χ4v) is 8.44. The summed E-state index contributed by atoms with van der Waals surface area (Å²) in [5, 5.41) is 8.99. The summed E-state index contributed by atoms with van der Waals surface area (Å²) in [6, 6.07) is 9.99. The van der Waals surface area contributed by atoms with E-state index in [1.807, 2.05) is 0 Å². The Morgan fingerprint density at radius 3 is 2.36 bits per heavy atom. The van der Waals surface area contributed by atoms with Crippen molar-refractivity contribution in [2.75, 3.05) is 13.1 Å². The van der Waals surface area contributed by atoms with E-state index >= 15 is 0 Å². The fraction of sp³-hybridized carbons (Fsp3) is 0.375. The molecule has 1 aliphatic heterocycles. The Bertz CT molecular complexity index is 1810. The minimum atomic E-state index is -4.79. The normalized spacial score (nSPS) is 20.4. The first-order valence-electron chi connectivity index (χ1n) is 14.5. The van der Waals surface area contributed by atoms with Gasteiger partial charge in [-0.05, 0) is 78.0 Å². The lowest BCUT2D eigenvalue weighted by atomic mass is 9.88. The third-order valence-corrected chi connectivity index (χ3v) is 11.5. The number of alkyl halides is 3. The van der Waals surface area contributed by atoms with Crippen LogP contribution >= 0.6 is 0 Å². The van der Waals surface area contributed by atoms with Gasteiger partial charge in [0.2, 0.25) is 15.9 Å². The molecule has 2 aromatic carbocycles. The minimum absolute atomic E-state index is 0.0673. The molecule has 0 bridgehead atoms. The molecule has 4 aliphatic rings. The van der Waals surface area contributed by atoms with Crippen LogP contribution in [-0.2, 0) is 34.0 Å². The Hall–Kier alpha value is -3.77. The second-order valence-electron chi connectivity index (χ2n) is 11.9. The number of benzene rings is 2. The second-order valence-corrected chi connectivity index (χ2v) is 14.1. The molecule has 2 fully saturated rings. The van der Waals surface area contributed by atoms with E-state index in [0.717, 1.165) is 28.3 Å². The van der Waals surface area contributed by atoms with E-state index < -0.39 is 33.5 Å². The highest BCUT2D eigenvalue weighted by molar-refractivity contribution is 7.90. The summed E-state index contributed by atoms with van der Waals surface area (Å²) < 4.78 is 89.3. The first-order chi connectivity index (χ1) is 20.9. The number of aromatic nitrogens is 1. The molecule has 1 atom stereocenters. The largest absolute Gasteiger partial charge is 0.478 e. The Balaban J connectivity index is 1.08. The van der Waals surface area contributed by atoms with Crippen LogP contribution in [0.3, 0.4) is 0 Å². The van der Waals surface area contributed by atoms with Crippen molar-refractivity contribution < 1.29 is 40.6 Å². The number of nitrogens with zero attached hydrogens (tertiary/aromatic N) is 2. The smallest absolute Gasteiger partial charge is 0.417 e. The summed E-state index contributed by atoms with van der Waals surface area (Å²) in [4.78, 5) is 15.5. The zero-order chi connectivity index (χ0) is 31.0. The Morgan fingerprint density at radius 1 is 1.02 bits per heavy atom. The average molecular weight is 629 g/mol. The van der Waals surface area contributed by atoms with Crippen LogP contribution in [0.4, 0.5) is 17.6 Å². The van der Waals surface area contributed by atoms with Gasteiger partial charge in [-0.1, -0.05) is 24.3 Å². The van der Waals surface area contributed by atoms with Gasteiger partial charge in [-0.15, -0.1) is 0 Å². The van der Waals surface area contributed by atoms with Crippen LogP contribution in [0.15, 0.2) is 54.2 Å². The molecular formula is C32H28F4N2O5S. The third-order valence-electron chi connectivity index (χ3n) is 9.13. The van der Waals surface area contributed by atoms with Gasteiger partial charge in [0.05, 0.1) is 10.8 Å².